The van der Waals surface area contributed by atoms with Gasteiger partial charge < -0.3 is 16.0 Å². The molecule has 1 saturated carbocycles. The molecule has 2 aromatic rings. The summed E-state index contributed by atoms with van der Waals surface area (Å²) in [6, 6.07) is 8.92. The van der Waals surface area contributed by atoms with Crippen molar-refractivity contribution in [2.45, 2.75) is 38.6 Å². The van der Waals surface area contributed by atoms with Gasteiger partial charge in [-0.25, -0.2) is 9.97 Å². The summed E-state index contributed by atoms with van der Waals surface area (Å²) in [5.41, 5.74) is 1.50. The van der Waals surface area contributed by atoms with Crippen LogP contribution in [-0.2, 0) is 4.79 Å². The van der Waals surface area contributed by atoms with Gasteiger partial charge in [-0.15, -0.1) is 0 Å². The van der Waals surface area contributed by atoms with Crippen LogP contribution >= 0.6 is 0 Å². The van der Waals surface area contributed by atoms with Gasteiger partial charge in [0.25, 0.3) is 5.91 Å². The van der Waals surface area contributed by atoms with E-state index in [1.807, 2.05) is 0 Å². The molecule has 2 amide bonds. The lowest BCUT2D eigenvalue weighted by atomic mass is 10.2. The van der Waals surface area contributed by atoms with Gasteiger partial charge in [0.05, 0.1) is 0 Å². The summed E-state index contributed by atoms with van der Waals surface area (Å²) >= 11 is 0. The first-order valence-corrected chi connectivity index (χ1v) is 8.39. The summed E-state index contributed by atoms with van der Waals surface area (Å²) in [7, 11) is 0. The van der Waals surface area contributed by atoms with Crippen LogP contribution in [0.4, 0.5) is 17.3 Å². The minimum Gasteiger partial charge on any atom is -0.351 e. The van der Waals surface area contributed by atoms with E-state index in [9.17, 15) is 9.59 Å². The van der Waals surface area contributed by atoms with E-state index in [-0.39, 0.29) is 11.8 Å². The maximum atomic E-state index is 12.4. The number of rotatable bonds is 5. The van der Waals surface area contributed by atoms with Gasteiger partial charge in [0, 0.05) is 30.5 Å². The molecule has 1 aromatic heterocycles. The van der Waals surface area contributed by atoms with E-state index in [0.717, 1.165) is 12.8 Å². The van der Waals surface area contributed by atoms with Crippen LogP contribution in [0.3, 0.4) is 0 Å². The summed E-state index contributed by atoms with van der Waals surface area (Å²) in [5.74, 6) is -0.00898. The molecule has 0 atom stereocenters. The van der Waals surface area contributed by atoms with Crippen molar-refractivity contribution in [1.29, 1.82) is 0 Å². The number of benzene rings is 1. The van der Waals surface area contributed by atoms with Crippen molar-refractivity contribution >= 4 is 29.1 Å². The fourth-order valence-electron chi connectivity index (χ4n) is 2.88. The van der Waals surface area contributed by atoms with Crippen LogP contribution in [0.5, 0.6) is 0 Å². The van der Waals surface area contributed by atoms with E-state index < -0.39 is 0 Å². The molecule has 3 N–H and O–H groups in total. The molecule has 25 heavy (non-hydrogen) atoms. The van der Waals surface area contributed by atoms with Crippen molar-refractivity contribution in [2.75, 3.05) is 16.0 Å². The highest BCUT2D eigenvalue weighted by Gasteiger charge is 2.16. The third-order valence-electron chi connectivity index (χ3n) is 4.02. The summed E-state index contributed by atoms with van der Waals surface area (Å²) in [4.78, 5) is 32.0. The summed E-state index contributed by atoms with van der Waals surface area (Å²) in [6.07, 6.45) is 6.21. The van der Waals surface area contributed by atoms with Gasteiger partial charge in [-0.1, -0.05) is 18.9 Å². The number of amides is 2. The number of nitrogens with zero attached hydrogens (tertiary/aromatic N) is 2. The molecule has 7 heteroatoms. The average molecular weight is 339 g/mol. The Kier molecular flexibility index (Phi) is 5.23. The molecule has 0 bridgehead atoms. The first kappa shape index (κ1) is 16.9. The lowest BCUT2D eigenvalue weighted by molar-refractivity contribution is -0.114. The monoisotopic (exact) mass is 339 g/mol. The van der Waals surface area contributed by atoms with Gasteiger partial charge in [-0.3, -0.25) is 9.59 Å². The van der Waals surface area contributed by atoms with Crippen LogP contribution in [0.15, 0.2) is 36.5 Å². The number of hydrogen-bond donors (Lipinski definition) is 3. The van der Waals surface area contributed by atoms with Gasteiger partial charge in [-0.2, -0.15) is 0 Å². The van der Waals surface area contributed by atoms with Crippen molar-refractivity contribution in [3.05, 3.63) is 42.2 Å². The summed E-state index contributed by atoms with van der Waals surface area (Å²) in [6.45, 7) is 1.44. The Labute approximate surface area is 146 Å². The molecule has 1 fully saturated rings. The van der Waals surface area contributed by atoms with E-state index in [1.165, 1.54) is 19.8 Å². The summed E-state index contributed by atoms with van der Waals surface area (Å²) < 4.78 is 0. The molecule has 3 rings (SSSR count). The zero-order chi connectivity index (χ0) is 17.6. The van der Waals surface area contributed by atoms with E-state index in [1.54, 1.807) is 36.5 Å². The molecule has 7 nitrogen and oxygen atoms in total. The molecule has 130 valence electrons. The van der Waals surface area contributed by atoms with Gasteiger partial charge >= 0.3 is 0 Å². The number of hydrogen-bond acceptors (Lipinski definition) is 5. The van der Waals surface area contributed by atoms with Crippen LogP contribution in [0.1, 0.15) is 43.1 Å². The Hall–Kier alpha value is -2.96. The number of aromatic nitrogens is 2. The van der Waals surface area contributed by atoms with Crippen molar-refractivity contribution < 1.29 is 9.59 Å². The van der Waals surface area contributed by atoms with Gasteiger partial charge in [0.2, 0.25) is 11.9 Å². The van der Waals surface area contributed by atoms with Crippen LogP contribution in [0.2, 0.25) is 0 Å². The molecule has 0 unspecified atom stereocenters. The molecule has 1 aliphatic rings. The number of carbonyl (C=O) groups excluding carboxylic acids is 2. The van der Waals surface area contributed by atoms with Crippen molar-refractivity contribution in [3.8, 4) is 0 Å². The fourth-order valence-corrected chi connectivity index (χ4v) is 2.88. The molecule has 0 radical (unpaired) electrons. The van der Waals surface area contributed by atoms with Crippen molar-refractivity contribution in [2.24, 2.45) is 0 Å². The van der Waals surface area contributed by atoms with Crippen molar-refractivity contribution in [1.82, 2.24) is 9.97 Å². The quantitative estimate of drug-likeness (QED) is 0.778. The minimum absolute atomic E-state index is 0.165. The Morgan fingerprint density at radius 3 is 2.52 bits per heavy atom. The molecule has 1 aromatic carbocycles. The Bertz CT molecular complexity index is 772. The number of carbonyl (C=O) groups is 2. The Morgan fingerprint density at radius 1 is 1.08 bits per heavy atom. The van der Waals surface area contributed by atoms with E-state index in [2.05, 4.69) is 25.9 Å². The SMILES string of the molecule is CC(=O)Nc1cccc(NC(=O)c2ccnc(NC3CCCC3)n2)c1. The first-order valence-electron chi connectivity index (χ1n) is 8.39. The van der Waals surface area contributed by atoms with Crippen molar-refractivity contribution in [3.63, 3.8) is 0 Å². The topological polar surface area (TPSA) is 96.0 Å². The first-order chi connectivity index (χ1) is 12.1. The molecule has 0 saturated heterocycles. The van der Waals surface area contributed by atoms with E-state index in [0.29, 0.717) is 29.1 Å². The van der Waals surface area contributed by atoms with Crippen LogP contribution in [0, 0.1) is 0 Å². The molecular weight excluding hydrogens is 318 g/mol. The van der Waals surface area contributed by atoms with E-state index >= 15 is 0 Å². The molecule has 0 aliphatic heterocycles. The lowest BCUT2D eigenvalue weighted by Crippen LogP contribution is -2.19. The van der Waals surface area contributed by atoms with Gasteiger partial charge in [0.1, 0.15) is 5.69 Å². The average Bonchev–Trinajstić information content (AvgIpc) is 3.08. The molecule has 0 spiro atoms. The van der Waals surface area contributed by atoms with Crippen LogP contribution in [0.25, 0.3) is 0 Å². The second-order valence-electron chi connectivity index (χ2n) is 6.11. The minimum atomic E-state index is -0.322. The Morgan fingerprint density at radius 2 is 1.80 bits per heavy atom. The fraction of sp³-hybridized carbons (Fsp3) is 0.333. The highest BCUT2D eigenvalue weighted by Crippen LogP contribution is 2.21. The second-order valence-corrected chi connectivity index (χ2v) is 6.11. The zero-order valence-electron chi connectivity index (χ0n) is 14.1. The largest absolute Gasteiger partial charge is 0.351 e. The molecular formula is C18H21N5O2. The smallest absolute Gasteiger partial charge is 0.274 e. The standard InChI is InChI=1S/C18H21N5O2/c1-12(24)20-14-7-4-8-15(11-14)21-17(25)16-9-10-19-18(23-16)22-13-5-2-3-6-13/h4,7-11,13H,2-3,5-6H2,1H3,(H,20,24)(H,21,25)(H,19,22,23). The lowest BCUT2D eigenvalue weighted by Gasteiger charge is -2.12. The number of anilines is 3. The third kappa shape index (κ3) is 4.76. The normalized spacial score (nSPS) is 14.1. The highest BCUT2D eigenvalue weighted by molar-refractivity contribution is 6.03. The van der Waals surface area contributed by atoms with Crippen LogP contribution in [-0.4, -0.2) is 27.8 Å². The van der Waals surface area contributed by atoms with Gasteiger partial charge in [-0.05, 0) is 37.1 Å². The highest BCUT2D eigenvalue weighted by atomic mass is 16.2. The second kappa shape index (κ2) is 7.74. The molecule has 1 heterocycles. The predicted octanol–water partition coefficient (Wildman–Crippen LogP) is 3.04. The predicted molar refractivity (Wildman–Crippen MR) is 96.6 cm³/mol. The maximum absolute atomic E-state index is 12.4. The zero-order valence-corrected chi connectivity index (χ0v) is 14.1. The summed E-state index contributed by atoms with van der Waals surface area (Å²) in [5, 5.41) is 8.75. The molecule has 1 aliphatic carbocycles. The third-order valence-corrected chi connectivity index (χ3v) is 4.02. The van der Waals surface area contributed by atoms with Crippen LogP contribution < -0.4 is 16.0 Å². The number of nitrogens with one attached hydrogen (secondary N) is 3. The van der Waals surface area contributed by atoms with E-state index in [4.69, 9.17) is 0 Å². The Balaban J connectivity index is 1.67. The maximum Gasteiger partial charge on any atom is 0.274 e. The van der Waals surface area contributed by atoms with Gasteiger partial charge in [0.15, 0.2) is 0 Å².